The molecule has 0 heterocycles. The fourth-order valence-corrected chi connectivity index (χ4v) is 2.37. The highest BCUT2D eigenvalue weighted by Gasteiger charge is 2.17. The van der Waals surface area contributed by atoms with Crippen LogP contribution in [0.4, 0.5) is 0 Å². The molecular formula is C18H29NO6. The standard InChI is InChI=1S/C18H29NO6/c1-6-24-16(25-7-2)9-8-10-19-18(20)13-11-14(21-3)17(23-5)15(12-13)22-4/h11-12,16H,6-10H2,1-5H3,(H,19,20). The Labute approximate surface area is 149 Å². The van der Waals surface area contributed by atoms with Crippen LogP contribution in [0.5, 0.6) is 17.2 Å². The average Bonchev–Trinajstić information content (AvgIpc) is 2.63. The van der Waals surface area contributed by atoms with E-state index in [-0.39, 0.29) is 12.2 Å². The predicted octanol–water partition coefficient (Wildman–Crippen LogP) is 2.62. The molecule has 7 heteroatoms. The minimum absolute atomic E-state index is 0.205. The average molecular weight is 355 g/mol. The van der Waals surface area contributed by atoms with Crippen LogP contribution in [0.3, 0.4) is 0 Å². The van der Waals surface area contributed by atoms with Crippen molar-refractivity contribution in [2.45, 2.75) is 33.0 Å². The van der Waals surface area contributed by atoms with E-state index in [4.69, 9.17) is 23.7 Å². The Bertz CT molecular complexity index is 503. The summed E-state index contributed by atoms with van der Waals surface area (Å²) in [6, 6.07) is 3.25. The molecule has 1 rings (SSSR count). The summed E-state index contributed by atoms with van der Waals surface area (Å²) in [6.45, 7) is 5.58. The summed E-state index contributed by atoms with van der Waals surface area (Å²) in [5.41, 5.74) is 0.445. The van der Waals surface area contributed by atoms with Crippen molar-refractivity contribution in [3.05, 3.63) is 17.7 Å². The molecule has 7 nitrogen and oxygen atoms in total. The normalized spacial score (nSPS) is 10.6. The lowest BCUT2D eigenvalue weighted by molar-refractivity contribution is -0.139. The number of hydrogen-bond donors (Lipinski definition) is 1. The molecule has 0 aliphatic carbocycles. The minimum Gasteiger partial charge on any atom is -0.493 e. The number of ether oxygens (including phenoxy) is 5. The van der Waals surface area contributed by atoms with E-state index in [0.717, 1.165) is 12.8 Å². The Morgan fingerprint density at radius 3 is 2.00 bits per heavy atom. The van der Waals surface area contributed by atoms with Crippen LogP contribution in [0.15, 0.2) is 12.1 Å². The second-order valence-corrected chi connectivity index (χ2v) is 5.15. The van der Waals surface area contributed by atoms with Gasteiger partial charge in [0.2, 0.25) is 5.75 Å². The van der Waals surface area contributed by atoms with Crippen LogP contribution in [-0.2, 0) is 9.47 Å². The topological polar surface area (TPSA) is 75.3 Å². The van der Waals surface area contributed by atoms with E-state index in [1.807, 2.05) is 13.8 Å². The molecule has 0 spiro atoms. The van der Waals surface area contributed by atoms with E-state index >= 15 is 0 Å². The molecule has 1 aromatic rings. The summed E-state index contributed by atoms with van der Waals surface area (Å²) in [6.07, 6.45) is 1.24. The van der Waals surface area contributed by atoms with Crippen molar-refractivity contribution in [2.75, 3.05) is 41.1 Å². The molecule has 25 heavy (non-hydrogen) atoms. The number of methoxy groups -OCH3 is 3. The highest BCUT2D eigenvalue weighted by Crippen LogP contribution is 2.38. The van der Waals surface area contributed by atoms with Crippen molar-refractivity contribution in [1.82, 2.24) is 5.32 Å². The van der Waals surface area contributed by atoms with Gasteiger partial charge < -0.3 is 29.0 Å². The number of carbonyl (C=O) groups is 1. The first-order chi connectivity index (χ1) is 12.1. The van der Waals surface area contributed by atoms with Crippen LogP contribution in [0.2, 0.25) is 0 Å². The molecule has 0 saturated carbocycles. The zero-order valence-electron chi connectivity index (χ0n) is 15.7. The van der Waals surface area contributed by atoms with Crippen molar-refractivity contribution in [3.63, 3.8) is 0 Å². The maximum atomic E-state index is 12.4. The van der Waals surface area contributed by atoms with Gasteiger partial charge in [-0.05, 0) is 32.4 Å². The Morgan fingerprint density at radius 1 is 1.00 bits per heavy atom. The summed E-state index contributed by atoms with van der Waals surface area (Å²) >= 11 is 0. The van der Waals surface area contributed by atoms with Gasteiger partial charge in [-0.3, -0.25) is 4.79 Å². The monoisotopic (exact) mass is 355 g/mol. The highest BCUT2D eigenvalue weighted by molar-refractivity contribution is 5.95. The number of benzene rings is 1. The summed E-state index contributed by atoms with van der Waals surface area (Å²) in [5, 5.41) is 2.88. The van der Waals surface area contributed by atoms with Gasteiger partial charge in [0.15, 0.2) is 17.8 Å². The van der Waals surface area contributed by atoms with Gasteiger partial charge in [-0.2, -0.15) is 0 Å². The quantitative estimate of drug-likeness (QED) is 0.459. The van der Waals surface area contributed by atoms with Crippen molar-refractivity contribution in [3.8, 4) is 17.2 Å². The van der Waals surface area contributed by atoms with Crippen LogP contribution in [0.25, 0.3) is 0 Å². The van der Waals surface area contributed by atoms with Crippen LogP contribution in [-0.4, -0.2) is 53.3 Å². The summed E-state index contributed by atoms with van der Waals surface area (Å²) in [5.74, 6) is 1.14. The van der Waals surface area contributed by atoms with Gasteiger partial charge in [0.05, 0.1) is 21.3 Å². The maximum absolute atomic E-state index is 12.4. The smallest absolute Gasteiger partial charge is 0.251 e. The van der Waals surface area contributed by atoms with E-state index in [9.17, 15) is 4.79 Å². The Kier molecular flexibility index (Phi) is 9.72. The lowest BCUT2D eigenvalue weighted by Gasteiger charge is -2.17. The fraction of sp³-hybridized carbons (Fsp3) is 0.611. The summed E-state index contributed by atoms with van der Waals surface area (Å²) in [4.78, 5) is 12.4. The fourth-order valence-electron chi connectivity index (χ4n) is 2.37. The molecule has 0 saturated heterocycles. The molecule has 1 N–H and O–H groups in total. The molecule has 0 fully saturated rings. The SMILES string of the molecule is CCOC(CCCNC(=O)c1cc(OC)c(OC)c(OC)c1)OCC. The Hall–Kier alpha value is -1.99. The van der Waals surface area contributed by atoms with Crippen molar-refractivity contribution < 1.29 is 28.5 Å². The van der Waals surface area contributed by atoms with Gasteiger partial charge in [0.25, 0.3) is 5.91 Å². The minimum atomic E-state index is -0.229. The third-order valence-corrected chi connectivity index (χ3v) is 3.53. The predicted molar refractivity (Wildman–Crippen MR) is 94.7 cm³/mol. The van der Waals surface area contributed by atoms with Gasteiger partial charge in [0.1, 0.15) is 0 Å². The number of carbonyl (C=O) groups excluding carboxylic acids is 1. The largest absolute Gasteiger partial charge is 0.493 e. The van der Waals surface area contributed by atoms with Crippen molar-refractivity contribution in [1.29, 1.82) is 0 Å². The van der Waals surface area contributed by atoms with Crippen molar-refractivity contribution >= 4 is 5.91 Å². The number of rotatable bonds is 12. The second kappa shape index (κ2) is 11.5. The number of amides is 1. The first-order valence-electron chi connectivity index (χ1n) is 8.42. The lowest BCUT2D eigenvalue weighted by Crippen LogP contribution is -2.26. The molecule has 0 radical (unpaired) electrons. The first-order valence-corrected chi connectivity index (χ1v) is 8.42. The molecule has 142 valence electrons. The number of nitrogens with one attached hydrogen (secondary N) is 1. The zero-order chi connectivity index (χ0) is 18.7. The van der Waals surface area contributed by atoms with Gasteiger partial charge in [-0.15, -0.1) is 0 Å². The molecule has 1 aromatic carbocycles. The Balaban J connectivity index is 2.62. The van der Waals surface area contributed by atoms with E-state index < -0.39 is 0 Å². The van der Waals surface area contributed by atoms with Gasteiger partial charge in [-0.25, -0.2) is 0 Å². The summed E-state index contributed by atoms with van der Waals surface area (Å²) in [7, 11) is 4.55. The second-order valence-electron chi connectivity index (χ2n) is 5.15. The molecule has 0 atom stereocenters. The van der Waals surface area contributed by atoms with Crippen LogP contribution >= 0.6 is 0 Å². The van der Waals surface area contributed by atoms with Gasteiger partial charge in [-0.1, -0.05) is 0 Å². The third-order valence-electron chi connectivity index (χ3n) is 3.53. The zero-order valence-corrected chi connectivity index (χ0v) is 15.7. The van der Waals surface area contributed by atoms with E-state index in [2.05, 4.69) is 5.32 Å². The Morgan fingerprint density at radius 2 is 1.56 bits per heavy atom. The van der Waals surface area contributed by atoms with Crippen molar-refractivity contribution in [2.24, 2.45) is 0 Å². The number of hydrogen-bond acceptors (Lipinski definition) is 6. The molecule has 0 aliphatic heterocycles. The molecule has 0 bridgehead atoms. The first kappa shape index (κ1) is 21.1. The van der Waals surface area contributed by atoms with Gasteiger partial charge >= 0.3 is 0 Å². The van der Waals surface area contributed by atoms with E-state index in [0.29, 0.717) is 42.6 Å². The molecule has 1 amide bonds. The summed E-state index contributed by atoms with van der Waals surface area (Å²) < 4.78 is 26.7. The van der Waals surface area contributed by atoms with Crippen LogP contribution in [0.1, 0.15) is 37.0 Å². The highest BCUT2D eigenvalue weighted by atomic mass is 16.7. The van der Waals surface area contributed by atoms with Gasteiger partial charge in [0, 0.05) is 31.7 Å². The van der Waals surface area contributed by atoms with Crippen LogP contribution in [0, 0.1) is 0 Å². The van der Waals surface area contributed by atoms with E-state index in [1.165, 1.54) is 21.3 Å². The molecule has 0 unspecified atom stereocenters. The molecule has 0 aromatic heterocycles. The molecule has 0 aliphatic rings. The lowest BCUT2D eigenvalue weighted by atomic mass is 10.1. The molecular weight excluding hydrogens is 326 g/mol. The third kappa shape index (κ3) is 6.43. The van der Waals surface area contributed by atoms with E-state index in [1.54, 1.807) is 12.1 Å². The maximum Gasteiger partial charge on any atom is 0.251 e. The van der Waals surface area contributed by atoms with Crippen LogP contribution < -0.4 is 19.5 Å².